The van der Waals surface area contributed by atoms with Crippen molar-refractivity contribution in [2.75, 3.05) is 33.9 Å². The average molecular weight is 215 g/mol. The summed E-state index contributed by atoms with van der Waals surface area (Å²) in [6.07, 6.45) is 4.79. The van der Waals surface area contributed by atoms with Gasteiger partial charge in [0.25, 0.3) is 0 Å². The molecule has 0 aromatic heterocycles. The van der Waals surface area contributed by atoms with Gasteiger partial charge < -0.3 is 14.8 Å². The van der Waals surface area contributed by atoms with Crippen LogP contribution in [0, 0.1) is 5.41 Å². The fourth-order valence-corrected chi connectivity index (χ4v) is 1.69. The van der Waals surface area contributed by atoms with E-state index in [2.05, 4.69) is 14.8 Å². The van der Waals surface area contributed by atoms with Crippen LogP contribution in [0.4, 0.5) is 0 Å². The smallest absolute Gasteiger partial charge is 0.307 e. The monoisotopic (exact) mass is 215 g/mol. The van der Waals surface area contributed by atoms with Gasteiger partial charge >= 0.3 is 5.97 Å². The molecule has 1 saturated carbocycles. The standard InChI is InChI=1S/C6H11N.C5H10O3/c1-2-6(1)3-4-7-5-6;1-7-4-3-5(6)8-2/h7H,1-5H2;3-4H2,1-2H3. The first-order valence-electron chi connectivity index (χ1n) is 5.49. The molecule has 2 fully saturated rings. The topological polar surface area (TPSA) is 47.6 Å². The minimum absolute atomic E-state index is 0.230. The summed E-state index contributed by atoms with van der Waals surface area (Å²) in [7, 11) is 2.90. The molecule has 1 N–H and O–H groups in total. The maximum Gasteiger partial charge on any atom is 0.307 e. The molecule has 88 valence electrons. The molecule has 1 aliphatic carbocycles. The van der Waals surface area contributed by atoms with E-state index in [1.807, 2.05) is 0 Å². The summed E-state index contributed by atoms with van der Waals surface area (Å²) in [5, 5.41) is 3.38. The Morgan fingerprint density at radius 1 is 1.33 bits per heavy atom. The van der Waals surface area contributed by atoms with Gasteiger partial charge in [0.15, 0.2) is 0 Å². The predicted molar refractivity (Wildman–Crippen MR) is 57.7 cm³/mol. The first-order chi connectivity index (χ1) is 7.22. The zero-order valence-electron chi connectivity index (χ0n) is 9.67. The van der Waals surface area contributed by atoms with Crippen LogP contribution in [0.1, 0.15) is 25.7 Å². The molecule has 0 unspecified atom stereocenters. The highest BCUT2D eigenvalue weighted by Gasteiger charge is 2.44. The second-order valence-electron chi connectivity index (χ2n) is 4.25. The van der Waals surface area contributed by atoms with Crippen molar-refractivity contribution in [2.24, 2.45) is 5.41 Å². The number of methoxy groups -OCH3 is 2. The Hall–Kier alpha value is -0.610. The molecule has 1 spiro atoms. The van der Waals surface area contributed by atoms with Gasteiger partial charge in [-0.3, -0.25) is 4.79 Å². The van der Waals surface area contributed by atoms with Gasteiger partial charge in [0, 0.05) is 13.7 Å². The third-order valence-electron chi connectivity index (χ3n) is 3.03. The minimum atomic E-state index is -0.230. The summed E-state index contributed by atoms with van der Waals surface area (Å²) in [4.78, 5) is 10.3. The number of carbonyl (C=O) groups is 1. The number of ether oxygens (including phenoxy) is 2. The summed E-state index contributed by atoms with van der Waals surface area (Å²) >= 11 is 0. The van der Waals surface area contributed by atoms with E-state index >= 15 is 0 Å². The Morgan fingerprint density at radius 2 is 2.07 bits per heavy atom. The summed E-state index contributed by atoms with van der Waals surface area (Å²) in [5.41, 5.74) is 0.833. The summed E-state index contributed by atoms with van der Waals surface area (Å²) in [6, 6.07) is 0. The minimum Gasteiger partial charge on any atom is -0.469 e. The molecule has 0 aromatic carbocycles. The molecule has 0 aromatic rings. The fourth-order valence-electron chi connectivity index (χ4n) is 1.69. The van der Waals surface area contributed by atoms with Crippen molar-refractivity contribution >= 4 is 5.97 Å². The number of esters is 1. The Kier molecular flexibility index (Phi) is 5.05. The largest absolute Gasteiger partial charge is 0.469 e. The van der Waals surface area contributed by atoms with Crippen LogP contribution in [-0.2, 0) is 14.3 Å². The van der Waals surface area contributed by atoms with Gasteiger partial charge in [-0.05, 0) is 31.2 Å². The van der Waals surface area contributed by atoms with Crippen molar-refractivity contribution in [3.05, 3.63) is 0 Å². The van der Waals surface area contributed by atoms with Crippen LogP contribution >= 0.6 is 0 Å². The second-order valence-corrected chi connectivity index (χ2v) is 4.25. The SMILES string of the molecule is C1CC2(CC2)CN1.COCCC(=O)OC. The molecule has 1 heterocycles. The molecule has 4 nitrogen and oxygen atoms in total. The first kappa shape index (κ1) is 12.5. The number of rotatable bonds is 3. The van der Waals surface area contributed by atoms with Crippen LogP contribution in [0.2, 0.25) is 0 Å². The van der Waals surface area contributed by atoms with E-state index in [4.69, 9.17) is 0 Å². The zero-order valence-corrected chi connectivity index (χ0v) is 9.67. The number of carbonyl (C=O) groups excluding carboxylic acids is 1. The lowest BCUT2D eigenvalue weighted by molar-refractivity contribution is -0.141. The lowest BCUT2D eigenvalue weighted by Gasteiger charge is -1.96. The highest BCUT2D eigenvalue weighted by Crippen LogP contribution is 2.49. The van der Waals surface area contributed by atoms with Gasteiger partial charge in [-0.25, -0.2) is 0 Å². The molecule has 4 heteroatoms. The number of hydrogen-bond donors (Lipinski definition) is 1. The lowest BCUT2D eigenvalue weighted by atomic mass is 10.1. The van der Waals surface area contributed by atoms with Gasteiger partial charge in [0.05, 0.1) is 20.1 Å². The van der Waals surface area contributed by atoms with E-state index < -0.39 is 0 Å². The van der Waals surface area contributed by atoms with Gasteiger partial charge in [0.2, 0.25) is 0 Å². The average Bonchev–Trinajstić information content (AvgIpc) is 2.84. The van der Waals surface area contributed by atoms with E-state index in [1.54, 1.807) is 7.11 Å². The summed E-state index contributed by atoms with van der Waals surface area (Å²) in [6.45, 7) is 3.03. The number of nitrogens with one attached hydrogen (secondary N) is 1. The molecule has 2 rings (SSSR count). The highest BCUT2D eigenvalue weighted by atomic mass is 16.5. The van der Waals surface area contributed by atoms with Crippen molar-refractivity contribution in [3.8, 4) is 0 Å². The fraction of sp³-hybridized carbons (Fsp3) is 0.909. The zero-order chi connectivity index (χ0) is 11.1. The van der Waals surface area contributed by atoms with E-state index in [0.717, 1.165) is 5.41 Å². The molecule has 0 bridgehead atoms. The van der Waals surface area contributed by atoms with Gasteiger partial charge in [-0.15, -0.1) is 0 Å². The molecule has 0 atom stereocenters. The van der Waals surface area contributed by atoms with E-state index in [0.29, 0.717) is 13.0 Å². The molecular weight excluding hydrogens is 194 g/mol. The van der Waals surface area contributed by atoms with Gasteiger partial charge in [-0.1, -0.05) is 0 Å². The van der Waals surface area contributed by atoms with Crippen molar-refractivity contribution in [2.45, 2.75) is 25.7 Å². The van der Waals surface area contributed by atoms with Crippen LogP contribution in [-0.4, -0.2) is 39.9 Å². The number of hydrogen-bond acceptors (Lipinski definition) is 4. The van der Waals surface area contributed by atoms with Crippen molar-refractivity contribution in [3.63, 3.8) is 0 Å². The molecular formula is C11H21NO3. The summed E-state index contributed by atoms with van der Waals surface area (Å²) < 4.78 is 8.95. The van der Waals surface area contributed by atoms with E-state index in [9.17, 15) is 4.79 Å². The van der Waals surface area contributed by atoms with Gasteiger partial charge in [-0.2, -0.15) is 0 Å². The van der Waals surface area contributed by atoms with Crippen molar-refractivity contribution < 1.29 is 14.3 Å². The first-order valence-corrected chi connectivity index (χ1v) is 5.49. The Bertz CT molecular complexity index is 194. The van der Waals surface area contributed by atoms with E-state index in [-0.39, 0.29) is 5.97 Å². The summed E-state index contributed by atoms with van der Waals surface area (Å²) in [5.74, 6) is -0.230. The predicted octanol–water partition coefficient (Wildman–Crippen LogP) is 0.956. The molecule has 1 saturated heterocycles. The Morgan fingerprint density at radius 3 is 2.40 bits per heavy atom. The maximum absolute atomic E-state index is 10.3. The van der Waals surface area contributed by atoms with E-state index in [1.165, 1.54) is 39.5 Å². The molecule has 1 aliphatic heterocycles. The van der Waals surface area contributed by atoms with Crippen LogP contribution < -0.4 is 5.32 Å². The van der Waals surface area contributed by atoms with Gasteiger partial charge in [0.1, 0.15) is 0 Å². The normalized spacial score (nSPS) is 20.7. The van der Waals surface area contributed by atoms with Crippen LogP contribution in [0.3, 0.4) is 0 Å². The third-order valence-corrected chi connectivity index (χ3v) is 3.03. The van der Waals surface area contributed by atoms with Crippen LogP contribution in [0.25, 0.3) is 0 Å². The third kappa shape index (κ3) is 4.62. The van der Waals surface area contributed by atoms with Crippen molar-refractivity contribution in [1.29, 1.82) is 0 Å². The van der Waals surface area contributed by atoms with Crippen molar-refractivity contribution in [1.82, 2.24) is 5.32 Å². The van der Waals surface area contributed by atoms with Crippen LogP contribution in [0.5, 0.6) is 0 Å². The van der Waals surface area contributed by atoms with Crippen LogP contribution in [0.15, 0.2) is 0 Å². The Balaban J connectivity index is 0.000000150. The second kappa shape index (κ2) is 6.08. The molecule has 0 amide bonds. The quantitative estimate of drug-likeness (QED) is 0.712. The molecule has 0 radical (unpaired) electrons. The molecule has 15 heavy (non-hydrogen) atoms. The maximum atomic E-state index is 10.3. The molecule has 2 aliphatic rings. The Labute approximate surface area is 91.3 Å². The highest BCUT2D eigenvalue weighted by molar-refractivity contribution is 5.69. The lowest BCUT2D eigenvalue weighted by Crippen LogP contribution is -2.08.